The van der Waals surface area contributed by atoms with Gasteiger partial charge in [0.05, 0.1) is 31.2 Å². The van der Waals surface area contributed by atoms with E-state index in [1.54, 1.807) is 11.8 Å². The van der Waals surface area contributed by atoms with Gasteiger partial charge in [-0.3, -0.25) is 14.4 Å². The first-order chi connectivity index (χ1) is 18.9. The number of amidine groups is 1. The van der Waals surface area contributed by atoms with Gasteiger partial charge in [-0.2, -0.15) is 0 Å². The summed E-state index contributed by atoms with van der Waals surface area (Å²) >= 11 is 1.62. The van der Waals surface area contributed by atoms with Crippen molar-refractivity contribution in [2.75, 3.05) is 37.2 Å². The second kappa shape index (κ2) is 20.7. The fourth-order valence-corrected chi connectivity index (χ4v) is 4.70. The van der Waals surface area contributed by atoms with Gasteiger partial charge in [-0.05, 0) is 56.4 Å². The third-order valence-corrected chi connectivity index (χ3v) is 7.11. The molecule has 2 aromatic carbocycles. The summed E-state index contributed by atoms with van der Waals surface area (Å²) in [7, 11) is 4.63. The number of para-hydroxylation sites is 2. The summed E-state index contributed by atoms with van der Waals surface area (Å²) in [5.74, 6) is 0.253. The Kier molecular flexibility index (Phi) is 18.5. The van der Waals surface area contributed by atoms with E-state index in [1.165, 1.54) is 25.7 Å². The lowest BCUT2D eigenvalue weighted by atomic mass is 10.1. The monoisotopic (exact) mass is 580 g/mol. The Hall–Kier alpha value is -2.18. The highest BCUT2D eigenvalue weighted by Gasteiger charge is 2.14. The molecule has 5 nitrogen and oxygen atoms in total. The van der Waals surface area contributed by atoms with Crippen molar-refractivity contribution in [3.8, 4) is 5.75 Å². The van der Waals surface area contributed by atoms with Crippen molar-refractivity contribution in [3.05, 3.63) is 48.0 Å². The lowest BCUT2D eigenvalue weighted by Crippen LogP contribution is -2.17. The molecule has 3 unspecified atom stereocenters. The molecular weight excluding hydrogens is 533 g/mol. The molecule has 0 aromatic heterocycles. The van der Waals surface area contributed by atoms with Crippen LogP contribution in [0, 0.1) is 0 Å². The van der Waals surface area contributed by atoms with E-state index in [0.29, 0.717) is 25.1 Å². The largest absolute Gasteiger partial charge is 0.493 e. The van der Waals surface area contributed by atoms with E-state index in [2.05, 4.69) is 33.7 Å². The number of nitrogens with one attached hydrogen (secondary N) is 2. The summed E-state index contributed by atoms with van der Waals surface area (Å²) in [6.07, 6.45) is 7.15. The van der Waals surface area contributed by atoms with Crippen LogP contribution < -0.4 is 15.4 Å². The molecule has 39 heavy (non-hydrogen) atoms. The first kappa shape index (κ1) is 34.8. The first-order valence-electron chi connectivity index (χ1n) is 13.7. The Morgan fingerprint density at radius 2 is 1.74 bits per heavy atom. The zero-order valence-corrected chi connectivity index (χ0v) is 26.4. The Morgan fingerprint density at radius 1 is 1.05 bits per heavy atom. The van der Waals surface area contributed by atoms with Crippen molar-refractivity contribution < 1.29 is 13.5 Å². The molecule has 9 heteroatoms. The summed E-state index contributed by atoms with van der Waals surface area (Å²) in [5, 5.41) is 7.34. The third-order valence-electron chi connectivity index (χ3n) is 5.98. The number of halogens is 2. The maximum Gasteiger partial charge on any atom is 0.161 e. The van der Waals surface area contributed by atoms with Crippen molar-refractivity contribution in [3.63, 3.8) is 0 Å². The van der Waals surface area contributed by atoms with Gasteiger partial charge in [-0.15, -0.1) is 0 Å². The summed E-state index contributed by atoms with van der Waals surface area (Å²) in [4.78, 5) is 9.68. The first-order valence-corrected chi connectivity index (χ1v) is 15.4. The fourth-order valence-electron chi connectivity index (χ4n) is 3.74. The second-order valence-electron chi connectivity index (χ2n) is 8.96. The van der Waals surface area contributed by atoms with E-state index in [0.717, 1.165) is 46.5 Å². The number of alkyl halides is 2. The Morgan fingerprint density at radius 3 is 2.41 bits per heavy atom. The summed E-state index contributed by atoms with van der Waals surface area (Å²) in [5.41, 5.74) is 4.08. The molecule has 3 atom stereocenters. The van der Waals surface area contributed by atoms with Crippen LogP contribution in [-0.2, 0) is 0 Å². The van der Waals surface area contributed by atoms with E-state index in [-0.39, 0.29) is 6.04 Å². The minimum Gasteiger partial charge on any atom is -0.493 e. The minimum atomic E-state index is -1.21. The number of ether oxygens (including phenoxy) is 1. The van der Waals surface area contributed by atoms with Gasteiger partial charge >= 0.3 is 0 Å². The molecule has 0 aliphatic carbocycles. The molecule has 0 fully saturated rings. The zero-order valence-electron chi connectivity index (χ0n) is 24.4. The van der Waals surface area contributed by atoms with Gasteiger partial charge in [0.15, 0.2) is 5.17 Å². The standard InChI is InChI=1S/C29H44FN4OPS.CH3F/c1-6-8-9-10-11-14-19-35-27-18-17-23(20-24(27)28(30)36)34-29(37-7-2)33-22(4)21(3)32-26-16-13-12-15-25(26)31-5;1-2/h12-13,15-18,20,22,28,31H,6-11,14,19,36H2,1-5H3,(H,33,34);1H3. The normalized spacial score (nSPS) is 13.3. The molecule has 0 radical (unpaired) electrons. The average molecular weight is 581 g/mol. The zero-order chi connectivity index (χ0) is 29.0. The lowest BCUT2D eigenvalue weighted by Gasteiger charge is -2.16. The maximum atomic E-state index is 14.5. The predicted molar refractivity (Wildman–Crippen MR) is 173 cm³/mol. The quantitative estimate of drug-likeness (QED) is 0.0953. The van der Waals surface area contributed by atoms with Crippen LogP contribution >= 0.6 is 21.0 Å². The second-order valence-corrected chi connectivity index (χ2v) is 10.8. The number of nitrogens with zero attached hydrogens (tertiary/aromatic N) is 2. The van der Waals surface area contributed by atoms with Crippen LogP contribution in [0.2, 0.25) is 0 Å². The number of hydrogen-bond acceptors (Lipinski definition) is 5. The minimum absolute atomic E-state index is 0.124. The van der Waals surface area contributed by atoms with Gasteiger partial charge in [0, 0.05) is 24.0 Å². The molecular formula is C30H47F2N4OPS. The van der Waals surface area contributed by atoms with Gasteiger partial charge in [0.1, 0.15) is 11.7 Å². The van der Waals surface area contributed by atoms with Crippen molar-refractivity contribution in [1.29, 1.82) is 0 Å². The molecule has 2 rings (SSSR count). The number of thioether (sulfide) groups is 1. The highest BCUT2D eigenvalue weighted by molar-refractivity contribution is 8.14. The van der Waals surface area contributed by atoms with Crippen molar-refractivity contribution in [2.45, 2.75) is 78.2 Å². The smallest absolute Gasteiger partial charge is 0.161 e. The third kappa shape index (κ3) is 13.1. The van der Waals surface area contributed by atoms with Gasteiger partial charge in [0.2, 0.25) is 0 Å². The fraction of sp³-hybridized carbons (Fsp3) is 0.533. The summed E-state index contributed by atoms with van der Waals surface area (Å²) < 4.78 is 29.9. The van der Waals surface area contributed by atoms with Crippen LogP contribution in [0.3, 0.4) is 0 Å². The lowest BCUT2D eigenvalue weighted by molar-refractivity contribution is 0.296. The van der Waals surface area contributed by atoms with Crippen LogP contribution in [0.4, 0.5) is 25.8 Å². The number of benzene rings is 2. The van der Waals surface area contributed by atoms with E-state index in [4.69, 9.17) is 14.7 Å². The van der Waals surface area contributed by atoms with Crippen LogP contribution in [0.15, 0.2) is 52.4 Å². The molecule has 2 aromatic rings. The van der Waals surface area contributed by atoms with Crippen molar-refractivity contribution in [1.82, 2.24) is 0 Å². The molecule has 0 spiro atoms. The summed E-state index contributed by atoms with van der Waals surface area (Å²) in [6, 6.07) is 13.4. The van der Waals surface area contributed by atoms with Crippen molar-refractivity contribution >= 4 is 48.9 Å². The van der Waals surface area contributed by atoms with Gasteiger partial charge in [-0.25, -0.2) is 4.39 Å². The van der Waals surface area contributed by atoms with Crippen molar-refractivity contribution in [2.24, 2.45) is 9.98 Å². The topological polar surface area (TPSA) is 58.0 Å². The van der Waals surface area contributed by atoms with Gasteiger partial charge in [-0.1, -0.05) is 79.1 Å². The van der Waals surface area contributed by atoms with Gasteiger partial charge in [0.25, 0.3) is 0 Å². The molecule has 218 valence electrons. The van der Waals surface area contributed by atoms with Crippen LogP contribution in [0.5, 0.6) is 5.75 Å². The maximum absolute atomic E-state index is 14.5. The van der Waals surface area contributed by atoms with E-state index in [9.17, 15) is 8.78 Å². The molecule has 0 bridgehead atoms. The molecule has 0 saturated carbocycles. The Bertz CT molecular complexity index is 1020. The highest BCUT2D eigenvalue weighted by Crippen LogP contribution is 2.35. The number of rotatable bonds is 15. The van der Waals surface area contributed by atoms with Crippen LogP contribution in [-0.4, -0.2) is 43.5 Å². The Labute approximate surface area is 241 Å². The number of hydrogen-bond donors (Lipinski definition) is 2. The van der Waals surface area contributed by atoms with Crippen LogP contribution in [0.1, 0.15) is 77.7 Å². The number of aliphatic imine (C=N–C) groups is 2. The molecule has 0 saturated heterocycles. The predicted octanol–water partition coefficient (Wildman–Crippen LogP) is 9.60. The summed E-state index contributed by atoms with van der Waals surface area (Å²) in [6.45, 7) is 8.93. The van der Waals surface area contributed by atoms with Crippen LogP contribution in [0.25, 0.3) is 0 Å². The molecule has 0 heterocycles. The van der Waals surface area contributed by atoms with E-state index >= 15 is 0 Å². The molecule has 0 aliphatic rings. The SMILES string of the molecule is CCCCCCCCOc1ccc(NC(=NC(C)C(C)=Nc2ccccc2NC)SCC)cc1C(F)P.CF. The Balaban J connectivity index is 0.00000371. The average Bonchev–Trinajstić information content (AvgIpc) is 2.94. The van der Waals surface area contributed by atoms with Gasteiger partial charge < -0.3 is 15.4 Å². The number of anilines is 2. The van der Waals surface area contributed by atoms with E-state index < -0.39 is 5.91 Å². The molecule has 0 aliphatic heterocycles. The molecule has 2 N–H and O–H groups in total. The van der Waals surface area contributed by atoms with E-state index in [1.807, 2.05) is 63.4 Å². The highest BCUT2D eigenvalue weighted by atomic mass is 32.2. The number of unbranched alkanes of at least 4 members (excludes halogenated alkanes) is 5. The molecule has 0 amide bonds.